The maximum atomic E-state index is 5.12. The largest absolute Gasteiger partial charge is 0.313 e. The van der Waals surface area contributed by atoms with Crippen LogP contribution in [0.4, 0.5) is 0 Å². The van der Waals surface area contributed by atoms with Crippen molar-refractivity contribution in [3.8, 4) is 0 Å². The second kappa shape index (κ2) is 6.70. The molecule has 0 atom stereocenters. The molecule has 0 aromatic heterocycles. The molecule has 0 heterocycles. The van der Waals surface area contributed by atoms with Crippen LogP contribution >= 0.6 is 0 Å². The van der Waals surface area contributed by atoms with Crippen LogP contribution in [0.1, 0.15) is 19.8 Å². The molecule has 0 unspecified atom stereocenters. The summed E-state index contributed by atoms with van der Waals surface area (Å²) in [4.78, 5) is 0. The van der Waals surface area contributed by atoms with E-state index < -0.39 is 0 Å². The van der Waals surface area contributed by atoms with Crippen LogP contribution in [0.2, 0.25) is 0 Å². The summed E-state index contributed by atoms with van der Waals surface area (Å²) in [6.45, 7) is 9.22. The van der Waals surface area contributed by atoms with Gasteiger partial charge in [0.25, 0.3) is 0 Å². The van der Waals surface area contributed by atoms with Gasteiger partial charge in [0.05, 0.1) is 0 Å². The minimum absolute atomic E-state index is 0.833. The Morgan fingerprint density at radius 1 is 1.62 bits per heavy atom. The molecule has 1 N–H and O–H groups in total. The van der Waals surface area contributed by atoms with Crippen molar-refractivity contribution in [2.75, 3.05) is 13.1 Å². The molecule has 0 spiro atoms. The molecule has 0 saturated heterocycles. The monoisotopic (exact) mass is 112 g/mol. The zero-order valence-corrected chi connectivity index (χ0v) is 5.48. The second-order valence-electron chi connectivity index (χ2n) is 1.79. The van der Waals surface area contributed by atoms with Gasteiger partial charge in [-0.05, 0) is 13.0 Å². The number of nitrogens with one attached hydrogen (secondary N) is 1. The van der Waals surface area contributed by atoms with Gasteiger partial charge in [0.2, 0.25) is 0 Å². The first-order chi connectivity index (χ1) is 3.91. The quantitative estimate of drug-likeness (QED) is 0.529. The van der Waals surface area contributed by atoms with Crippen LogP contribution in [0.5, 0.6) is 0 Å². The summed E-state index contributed by atoms with van der Waals surface area (Å²) in [5.41, 5.74) is 0. The molecule has 1 radical (unpaired) electrons. The molecule has 47 valence electrons. The lowest BCUT2D eigenvalue weighted by atomic mass is 10.3. The highest BCUT2D eigenvalue weighted by molar-refractivity contribution is 4.65. The van der Waals surface area contributed by atoms with Gasteiger partial charge in [0, 0.05) is 6.54 Å². The molecule has 1 heteroatoms. The lowest BCUT2D eigenvalue weighted by Crippen LogP contribution is -2.14. The van der Waals surface area contributed by atoms with Crippen molar-refractivity contribution in [1.82, 2.24) is 5.32 Å². The fourth-order valence-corrected chi connectivity index (χ4v) is 0.487. The Morgan fingerprint density at radius 3 is 2.88 bits per heavy atom. The van der Waals surface area contributed by atoms with Crippen molar-refractivity contribution in [1.29, 1.82) is 0 Å². The highest BCUT2D eigenvalue weighted by atomic mass is 14.8. The molecular formula is C7H14N. The highest BCUT2D eigenvalue weighted by Crippen LogP contribution is 1.80. The first kappa shape index (κ1) is 7.70. The van der Waals surface area contributed by atoms with Gasteiger partial charge in [-0.25, -0.2) is 0 Å². The average Bonchev–Trinajstić information content (AvgIpc) is 1.81. The molecular weight excluding hydrogens is 98.1 g/mol. The van der Waals surface area contributed by atoms with E-state index in [1.807, 2.05) is 0 Å². The van der Waals surface area contributed by atoms with Crippen LogP contribution in [0, 0.1) is 6.58 Å². The summed E-state index contributed by atoms with van der Waals surface area (Å²) < 4.78 is 0. The first-order valence-corrected chi connectivity index (χ1v) is 3.16. The Hall–Kier alpha value is -0.300. The van der Waals surface area contributed by atoms with Crippen LogP contribution in [0.3, 0.4) is 0 Å². The predicted octanol–water partition coefficient (Wildman–Crippen LogP) is 1.37. The van der Waals surface area contributed by atoms with E-state index in [9.17, 15) is 0 Å². The summed E-state index contributed by atoms with van der Waals surface area (Å²) in [7, 11) is 0. The zero-order valence-electron chi connectivity index (χ0n) is 5.48. The van der Waals surface area contributed by atoms with E-state index in [2.05, 4.69) is 12.2 Å². The van der Waals surface area contributed by atoms with E-state index in [1.165, 1.54) is 12.8 Å². The van der Waals surface area contributed by atoms with Crippen molar-refractivity contribution < 1.29 is 0 Å². The third-order valence-corrected chi connectivity index (χ3v) is 0.969. The molecule has 0 amide bonds. The van der Waals surface area contributed by atoms with Crippen molar-refractivity contribution in [3.63, 3.8) is 0 Å². The third-order valence-electron chi connectivity index (χ3n) is 0.969. The SMILES string of the molecule is [CH]=CCNCCCC. The average molecular weight is 112 g/mol. The highest BCUT2D eigenvalue weighted by Gasteiger charge is 1.78. The molecule has 0 aliphatic rings. The molecule has 0 bridgehead atoms. The molecule has 0 aliphatic heterocycles. The van der Waals surface area contributed by atoms with Crippen LogP contribution in [-0.2, 0) is 0 Å². The van der Waals surface area contributed by atoms with E-state index >= 15 is 0 Å². The van der Waals surface area contributed by atoms with Crippen LogP contribution in [0.25, 0.3) is 0 Å². The Morgan fingerprint density at radius 2 is 2.38 bits per heavy atom. The fourth-order valence-electron chi connectivity index (χ4n) is 0.487. The van der Waals surface area contributed by atoms with Crippen molar-refractivity contribution in [2.24, 2.45) is 0 Å². The molecule has 0 fully saturated rings. The molecule has 1 nitrogen and oxygen atoms in total. The minimum Gasteiger partial charge on any atom is -0.313 e. The molecule has 0 saturated carbocycles. The summed E-state index contributed by atoms with van der Waals surface area (Å²) >= 11 is 0. The Labute approximate surface area is 51.8 Å². The fraction of sp³-hybridized carbons (Fsp3) is 0.714. The van der Waals surface area contributed by atoms with E-state index in [-0.39, 0.29) is 0 Å². The predicted molar refractivity (Wildman–Crippen MR) is 36.6 cm³/mol. The standard InChI is InChI=1S/C7H14N/c1-3-5-7-8-6-4-2/h2,4,8H,3,5-7H2,1H3. The van der Waals surface area contributed by atoms with Gasteiger partial charge < -0.3 is 5.32 Å². The summed E-state index contributed by atoms with van der Waals surface area (Å²) in [5, 5.41) is 3.16. The Balaban J connectivity index is 2.62. The van der Waals surface area contributed by atoms with Gasteiger partial charge in [-0.1, -0.05) is 26.0 Å². The van der Waals surface area contributed by atoms with Crippen LogP contribution < -0.4 is 5.32 Å². The number of hydrogen-bond acceptors (Lipinski definition) is 1. The van der Waals surface area contributed by atoms with Crippen LogP contribution in [0.15, 0.2) is 6.08 Å². The van der Waals surface area contributed by atoms with E-state index in [0.29, 0.717) is 0 Å². The normalized spacial score (nSPS) is 9.12. The van der Waals surface area contributed by atoms with Gasteiger partial charge in [-0.15, -0.1) is 0 Å². The molecule has 0 aromatic rings. The summed E-state index contributed by atoms with van der Waals surface area (Å²) in [5.74, 6) is 0. The maximum Gasteiger partial charge on any atom is 0.0137 e. The lowest BCUT2D eigenvalue weighted by molar-refractivity contribution is 0.681. The van der Waals surface area contributed by atoms with Gasteiger partial charge >= 0.3 is 0 Å². The van der Waals surface area contributed by atoms with Crippen LogP contribution in [-0.4, -0.2) is 13.1 Å². The van der Waals surface area contributed by atoms with Crippen molar-refractivity contribution >= 4 is 0 Å². The number of rotatable bonds is 5. The Kier molecular flexibility index (Phi) is 6.45. The van der Waals surface area contributed by atoms with E-state index in [0.717, 1.165) is 13.1 Å². The second-order valence-corrected chi connectivity index (χ2v) is 1.79. The molecule has 0 aliphatic carbocycles. The number of unbranched alkanes of at least 4 members (excludes halogenated alkanes) is 1. The Bertz CT molecular complexity index is 50.3. The van der Waals surface area contributed by atoms with Gasteiger partial charge in [0.15, 0.2) is 0 Å². The summed E-state index contributed by atoms with van der Waals surface area (Å²) in [6, 6.07) is 0. The van der Waals surface area contributed by atoms with Gasteiger partial charge in [0.1, 0.15) is 0 Å². The molecule has 8 heavy (non-hydrogen) atoms. The summed E-state index contributed by atoms with van der Waals surface area (Å²) in [6.07, 6.45) is 4.13. The number of hydrogen-bond donors (Lipinski definition) is 1. The van der Waals surface area contributed by atoms with Crippen molar-refractivity contribution in [2.45, 2.75) is 19.8 Å². The minimum atomic E-state index is 0.833. The zero-order chi connectivity index (χ0) is 6.24. The van der Waals surface area contributed by atoms with E-state index in [1.54, 1.807) is 6.08 Å². The molecule has 0 rings (SSSR count). The molecule has 0 aromatic carbocycles. The van der Waals surface area contributed by atoms with E-state index in [4.69, 9.17) is 6.58 Å². The van der Waals surface area contributed by atoms with Gasteiger partial charge in [-0.2, -0.15) is 0 Å². The van der Waals surface area contributed by atoms with Gasteiger partial charge in [-0.3, -0.25) is 0 Å². The first-order valence-electron chi connectivity index (χ1n) is 3.16. The topological polar surface area (TPSA) is 12.0 Å². The third kappa shape index (κ3) is 5.70. The van der Waals surface area contributed by atoms with Crippen molar-refractivity contribution in [3.05, 3.63) is 12.7 Å². The lowest BCUT2D eigenvalue weighted by Gasteiger charge is -1.95. The maximum absolute atomic E-state index is 5.12. The smallest absolute Gasteiger partial charge is 0.0137 e.